The molecule has 0 bridgehead atoms. The molecular formula is C16H11ClN2O5S. The van der Waals surface area contributed by atoms with Gasteiger partial charge in [0.05, 0.1) is 11.3 Å². The Morgan fingerprint density at radius 2 is 2.04 bits per heavy atom. The van der Waals surface area contributed by atoms with Crippen LogP contribution in [0.1, 0.15) is 23.0 Å². The van der Waals surface area contributed by atoms with Gasteiger partial charge in [0.25, 0.3) is 15.9 Å². The highest BCUT2D eigenvalue weighted by Gasteiger charge is 2.24. The molecule has 0 aliphatic carbocycles. The minimum atomic E-state index is -4.39. The molecule has 1 aromatic carbocycles. The Hall–Kier alpha value is -2.89. The molecule has 0 spiro atoms. The summed E-state index contributed by atoms with van der Waals surface area (Å²) in [4.78, 5) is 23.0. The molecule has 7 nitrogen and oxygen atoms in total. The van der Waals surface area contributed by atoms with Crippen molar-refractivity contribution in [2.75, 3.05) is 0 Å². The summed E-state index contributed by atoms with van der Waals surface area (Å²) in [6.07, 6.45) is 2.43. The Labute approximate surface area is 148 Å². The Morgan fingerprint density at radius 3 is 2.60 bits per heavy atom. The zero-order valence-electron chi connectivity index (χ0n) is 12.8. The van der Waals surface area contributed by atoms with E-state index in [-0.39, 0.29) is 22.1 Å². The third-order valence-corrected chi connectivity index (χ3v) is 4.86. The molecule has 1 aromatic heterocycles. The van der Waals surface area contributed by atoms with Crippen LogP contribution >= 0.6 is 11.6 Å². The largest absolute Gasteiger partial charge is 0.465 e. The van der Waals surface area contributed by atoms with Crippen LogP contribution in [0, 0.1) is 11.3 Å². The summed E-state index contributed by atoms with van der Waals surface area (Å²) in [7, 11) is -4.39. The first-order valence-electron chi connectivity index (χ1n) is 6.77. The van der Waals surface area contributed by atoms with E-state index in [1.165, 1.54) is 31.4 Å². The fourth-order valence-electron chi connectivity index (χ4n) is 1.82. The van der Waals surface area contributed by atoms with Gasteiger partial charge in [-0.3, -0.25) is 9.59 Å². The highest BCUT2D eigenvalue weighted by atomic mass is 35.5. The molecule has 2 aromatic rings. The Bertz CT molecular complexity index is 1000. The fourth-order valence-corrected chi connectivity index (χ4v) is 3.32. The number of carbonyl (C=O) groups excluding carboxylic acids is 2. The molecule has 1 N–H and O–H groups in total. The van der Waals surface area contributed by atoms with Gasteiger partial charge < -0.3 is 4.42 Å². The lowest BCUT2D eigenvalue weighted by Crippen LogP contribution is -2.31. The van der Waals surface area contributed by atoms with Crippen molar-refractivity contribution in [3.8, 4) is 6.07 Å². The lowest BCUT2D eigenvalue weighted by atomic mass is 10.1. The minimum Gasteiger partial charge on any atom is -0.465 e. The molecule has 0 unspecified atom stereocenters. The van der Waals surface area contributed by atoms with Crippen LogP contribution in [0.2, 0.25) is 5.02 Å². The van der Waals surface area contributed by atoms with E-state index in [1.54, 1.807) is 16.9 Å². The van der Waals surface area contributed by atoms with E-state index in [0.717, 1.165) is 12.1 Å². The number of hydrogen-bond acceptors (Lipinski definition) is 6. The molecule has 0 aliphatic heterocycles. The van der Waals surface area contributed by atoms with Crippen molar-refractivity contribution in [1.82, 2.24) is 4.72 Å². The molecule has 0 fully saturated rings. The normalized spacial score (nSPS) is 11.6. The van der Waals surface area contributed by atoms with Crippen LogP contribution in [0.15, 0.2) is 51.5 Å². The van der Waals surface area contributed by atoms with Crippen LogP contribution in [0.5, 0.6) is 0 Å². The molecule has 0 radical (unpaired) electrons. The number of benzene rings is 1. The maximum Gasteiger partial charge on any atom is 0.275 e. The van der Waals surface area contributed by atoms with Crippen molar-refractivity contribution in [2.45, 2.75) is 11.8 Å². The van der Waals surface area contributed by atoms with Crippen LogP contribution < -0.4 is 4.72 Å². The Morgan fingerprint density at radius 1 is 1.32 bits per heavy atom. The zero-order chi connectivity index (χ0) is 18.6. The van der Waals surface area contributed by atoms with Gasteiger partial charge in [-0.25, -0.2) is 13.1 Å². The second-order valence-electron chi connectivity index (χ2n) is 4.82. The van der Waals surface area contributed by atoms with Crippen LogP contribution in [0.25, 0.3) is 6.08 Å². The number of carbonyl (C=O) groups is 2. The van der Waals surface area contributed by atoms with Crippen molar-refractivity contribution in [2.24, 2.45) is 0 Å². The van der Waals surface area contributed by atoms with Crippen molar-refractivity contribution in [3.05, 3.63) is 58.5 Å². The molecule has 0 atom stereocenters. The number of rotatable bonds is 5. The first-order chi connectivity index (χ1) is 11.7. The van der Waals surface area contributed by atoms with E-state index < -0.39 is 26.4 Å². The number of halogens is 1. The standard InChI is InChI=1S/C16H11ClN2O5S/c1-10(20)11-4-5-14(17)15(8-11)25(22,23)19-16(21)12(9-18)7-13-3-2-6-24-13/h2-8H,1H3,(H,19,21)/b12-7-. The van der Waals surface area contributed by atoms with Crippen molar-refractivity contribution < 1.29 is 22.4 Å². The van der Waals surface area contributed by atoms with Gasteiger partial charge in [0.1, 0.15) is 22.3 Å². The number of furan rings is 1. The second kappa shape index (κ2) is 7.34. The first-order valence-corrected chi connectivity index (χ1v) is 8.63. The van der Waals surface area contributed by atoms with Crippen molar-refractivity contribution in [3.63, 3.8) is 0 Å². The molecule has 1 heterocycles. The summed E-state index contributed by atoms with van der Waals surface area (Å²) in [6.45, 7) is 1.26. The van der Waals surface area contributed by atoms with Crippen LogP contribution in [-0.2, 0) is 14.8 Å². The number of nitrogens with one attached hydrogen (secondary N) is 1. The molecule has 1 amide bonds. The minimum absolute atomic E-state index is 0.115. The predicted octanol–water partition coefficient (Wildman–Crippen LogP) is 2.55. The molecule has 25 heavy (non-hydrogen) atoms. The van der Waals surface area contributed by atoms with Gasteiger partial charge in [0.15, 0.2) is 5.78 Å². The number of hydrogen-bond donors (Lipinski definition) is 1. The van der Waals surface area contributed by atoms with Crippen LogP contribution in [0.4, 0.5) is 0 Å². The lowest BCUT2D eigenvalue weighted by molar-refractivity contribution is -0.115. The molecular weight excluding hydrogens is 368 g/mol. The quantitative estimate of drug-likeness (QED) is 0.485. The summed E-state index contributed by atoms with van der Waals surface area (Å²) in [5.41, 5.74) is -0.360. The maximum absolute atomic E-state index is 12.4. The van der Waals surface area contributed by atoms with Crippen LogP contribution in [0.3, 0.4) is 0 Å². The number of nitriles is 1. The Balaban J connectivity index is 2.35. The van der Waals surface area contributed by atoms with Gasteiger partial charge in [0.2, 0.25) is 0 Å². The molecule has 0 saturated carbocycles. The van der Waals surface area contributed by atoms with E-state index in [2.05, 4.69) is 0 Å². The third-order valence-electron chi connectivity index (χ3n) is 3.05. The summed E-state index contributed by atoms with van der Waals surface area (Å²) >= 11 is 5.86. The van der Waals surface area contributed by atoms with Gasteiger partial charge in [-0.15, -0.1) is 0 Å². The van der Waals surface area contributed by atoms with Crippen LogP contribution in [-0.4, -0.2) is 20.1 Å². The lowest BCUT2D eigenvalue weighted by Gasteiger charge is -2.09. The zero-order valence-corrected chi connectivity index (χ0v) is 14.4. The Kier molecular flexibility index (Phi) is 5.41. The number of Topliss-reactive ketones (excluding diaryl/α,β-unsaturated/α-hetero) is 1. The topological polar surface area (TPSA) is 117 Å². The van der Waals surface area contributed by atoms with E-state index in [0.29, 0.717) is 0 Å². The fraction of sp³-hybridized carbons (Fsp3) is 0.0625. The van der Waals surface area contributed by atoms with Crippen molar-refractivity contribution >= 4 is 39.4 Å². The molecule has 128 valence electrons. The highest BCUT2D eigenvalue weighted by Crippen LogP contribution is 2.23. The first kappa shape index (κ1) is 18.4. The number of ketones is 1. The number of amides is 1. The molecule has 0 aliphatic rings. The maximum atomic E-state index is 12.4. The van der Waals surface area contributed by atoms with E-state index in [9.17, 15) is 18.0 Å². The molecule has 0 saturated heterocycles. The van der Waals surface area contributed by atoms with E-state index >= 15 is 0 Å². The molecule has 9 heteroatoms. The van der Waals surface area contributed by atoms with E-state index in [4.69, 9.17) is 21.3 Å². The van der Waals surface area contributed by atoms with Gasteiger partial charge >= 0.3 is 0 Å². The summed E-state index contributed by atoms with van der Waals surface area (Å²) in [5.74, 6) is -1.31. The second-order valence-corrected chi connectivity index (χ2v) is 6.88. The molecule has 2 rings (SSSR count). The van der Waals surface area contributed by atoms with Gasteiger partial charge in [-0.1, -0.05) is 11.6 Å². The van der Waals surface area contributed by atoms with E-state index in [1.807, 2.05) is 0 Å². The average Bonchev–Trinajstić information content (AvgIpc) is 3.05. The predicted molar refractivity (Wildman–Crippen MR) is 89.1 cm³/mol. The van der Waals surface area contributed by atoms with Gasteiger partial charge in [0, 0.05) is 11.6 Å². The number of nitrogens with zero attached hydrogens (tertiary/aromatic N) is 1. The monoisotopic (exact) mass is 378 g/mol. The van der Waals surface area contributed by atoms with Gasteiger partial charge in [-0.05, 0) is 37.3 Å². The van der Waals surface area contributed by atoms with Crippen molar-refractivity contribution in [1.29, 1.82) is 5.26 Å². The average molecular weight is 379 g/mol. The SMILES string of the molecule is CC(=O)c1ccc(Cl)c(S(=O)(=O)NC(=O)/C(C#N)=C\c2ccco2)c1. The summed E-state index contributed by atoms with van der Waals surface area (Å²) in [5, 5.41) is 8.88. The summed E-state index contributed by atoms with van der Waals surface area (Å²) in [6, 6.07) is 8.29. The summed E-state index contributed by atoms with van der Waals surface area (Å²) < 4.78 is 31.5. The highest BCUT2D eigenvalue weighted by molar-refractivity contribution is 7.90. The third kappa shape index (κ3) is 4.35. The number of sulfonamides is 1. The van der Waals surface area contributed by atoms with Gasteiger partial charge in [-0.2, -0.15) is 5.26 Å². The smallest absolute Gasteiger partial charge is 0.275 e.